The number of likely N-dealkylation sites (tertiary alicyclic amines) is 1. The van der Waals surface area contributed by atoms with Gasteiger partial charge in [0.05, 0.1) is 12.8 Å². The van der Waals surface area contributed by atoms with Gasteiger partial charge < -0.3 is 35.6 Å². The van der Waals surface area contributed by atoms with Crippen molar-refractivity contribution in [3.63, 3.8) is 0 Å². The van der Waals surface area contributed by atoms with Gasteiger partial charge in [0.25, 0.3) is 0 Å². The van der Waals surface area contributed by atoms with Gasteiger partial charge >= 0.3 is 23.9 Å². The molecule has 0 unspecified atom stereocenters. The Morgan fingerprint density at radius 1 is 0.894 bits per heavy atom. The number of H-pyrrole nitrogens is 1. The highest BCUT2D eigenvalue weighted by Gasteiger charge is 2.41. The molecule has 12 nitrogen and oxygen atoms in total. The maximum Gasteiger partial charge on any atom is 0.336 e. The van der Waals surface area contributed by atoms with Crippen LogP contribution in [0.3, 0.4) is 0 Å². The number of hydrogen-bond donors (Lipinski definition) is 6. The Bertz CT molecular complexity index is 1510. The number of aliphatic carboxylic acids is 3. The van der Waals surface area contributed by atoms with E-state index in [0.29, 0.717) is 11.8 Å². The molecule has 5 rings (SSSR count). The summed E-state index contributed by atoms with van der Waals surface area (Å²) >= 11 is 0. The Kier molecular flexibility index (Phi) is 11.6. The van der Waals surface area contributed by atoms with Crippen LogP contribution in [0.2, 0.25) is 0 Å². The normalized spacial score (nSPS) is 20.3. The Labute approximate surface area is 274 Å². The van der Waals surface area contributed by atoms with Crippen LogP contribution in [-0.2, 0) is 19.9 Å². The molecule has 2 aliphatic rings. The third-order valence-electron chi connectivity index (χ3n) is 9.77. The number of carboxylic acids is 3. The van der Waals surface area contributed by atoms with Crippen LogP contribution in [0.1, 0.15) is 68.4 Å². The number of urea groups is 1. The van der Waals surface area contributed by atoms with E-state index in [-0.39, 0.29) is 11.6 Å². The smallest absolute Gasteiger partial charge is 0.336 e. The van der Waals surface area contributed by atoms with Crippen molar-refractivity contribution in [1.82, 2.24) is 20.1 Å². The van der Waals surface area contributed by atoms with E-state index in [1.54, 1.807) is 0 Å². The van der Waals surface area contributed by atoms with Crippen LogP contribution in [0.4, 0.5) is 4.79 Å². The van der Waals surface area contributed by atoms with Crippen molar-refractivity contribution in [1.29, 1.82) is 0 Å². The number of carbonyl (C=O) groups is 4. The molecule has 1 saturated heterocycles. The average Bonchev–Trinajstić information content (AvgIpc) is 3.48. The van der Waals surface area contributed by atoms with Crippen molar-refractivity contribution in [3.05, 3.63) is 71.9 Å². The molecule has 0 atom stereocenters. The Morgan fingerprint density at radius 3 is 2.02 bits per heavy atom. The number of aliphatic hydroxyl groups is 1. The van der Waals surface area contributed by atoms with Crippen LogP contribution in [0, 0.1) is 5.92 Å². The number of carbonyl (C=O) groups excluding carboxylic acids is 1. The minimum absolute atomic E-state index is 0.116. The first-order chi connectivity index (χ1) is 22.3. The lowest BCUT2D eigenvalue weighted by molar-refractivity contribution is -0.170. The summed E-state index contributed by atoms with van der Waals surface area (Å²) in [4.78, 5) is 51.2. The lowest BCUT2D eigenvalue weighted by Crippen LogP contribution is -2.48. The second-order valence-corrected chi connectivity index (χ2v) is 13.0. The number of rotatable bonds is 10. The molecule has 1 aromatic heterocycles. The number of nitrogens with one attached hydrogen (secondary N) is 2. The van der Waals surface area contributed by atoms with Crippen molar-refractivity contribution >= 4 is 34.8 Å². The van der Waals surface area contributed by atoms with Gasteiger partial charge in [-0.3, -0.25) is 14.5 Å². The fourth-order valence-corrected chi connectivity index (χ4v) is 6.98. The predicted octanol–water partition coefficient (Wildman–Crippen LogP) is 4.46. The van der Waals surface area contributed by atoms with Gasteiger partial charge in [0.2, 0.25) is 0 Å². The van der Waals surface area contributed by atoms with Gasteiger partial charge in [-0.1, -0.05) is 48.5 Å². The molecular formula is C35H46N4O8. The first-order valence-electron chi connectivity index (χ1n) is 16.1. The average molecular weight is 651 g/mol. The molecule has 47 heavy (non-hydrogen) atoms. The molecule has 1 saturated carbocycles. The van der Waals surface area contributed by atoms with E-state index in [0.717, 1.165) is 58.2 Å². The molecule has 2 fully saturated rings. The zero-order valence-electron chi connectivity index (χ0n) is 27.0. The topological polar surface area (TPSA) is 183 Å². The minimum atomic E-state index is -2.74. The van der Waals surface area contributed by atoms with Crippen LogP contribution < -0.4 is 5.32 Å². The fourth-order valence-electron chi connectivity index (χ4n) is 6.98. The molecule has 0 radical (unpaired) electrons. The van der Waals surface area contributed by atoms with E-state index in [2.05, 4.69) is 90.1 Å². The number of benzene rings is 2. The molecule has 2 amide bonds. The van der Waals surface area contributed by atoms with E-state index < -0.39 is 36.4 Å². The molecule has 3 aromatic rings. The zero-order chi connectivity index (χ0) is 34.2. The van der Waals surface area contributed by atoms with Crippen molar-refractivity contribution < 1.29 is 39.6 Å². The summed E-state index contributed by atoms with van der Waals surface area (Å²) in [5.74, 6) is -3.94. The second-order valence-electron chi connectivity index (χ2n) is 13.0. The minimum Gasteiger partial charge on any atom is -0.481 e. The summed E-state index contributed by atoms with van der Waals surface area (Å²) in [6.45, 7) is 2.45. The number of aromatic nitrogens is 1. The van der Waals surface area contributed by atoms with Gasteiger partial charge in [0.15, 0.2) is 5.60 Å². The van der Waals surface area contributed by atoms with Gasteiger partial charge in [0, 0.05) is 42.3 Å². The Morgan fingerprint density at radius 2 is 1.47 bits per heavy atom. The molecular weight excluding hydrogens is 604 g/mol. The highest BCUT2D eigenvalue weighted by atomic mass is 16.4. The number of nitrogens with zero attached hydrogens (tertiary/aromatic N) is 2. The molecule has 1 aliphatic carbocycles. The first-order valence-corrected chi connectivity index (χ1v) is 16.1. The third-order valence-corrected chi connectivity index (χ3v) is 9.77. The van der Waals surface area contributed by atoms with Crippen molar-refractivity contribution in [2.45, 2.75) is 68.4 Å². The van der Waals surface area contributed by atoms with E-state index in [1.807, 2.05) is 4.90 Å². The van der Waals surface area contributed by atoms with E-state index in [4.69, 9.17) is 20.4 Å². The summed E-state index contributed by atoms with van der Waals surface area (Å²) < 4.78 is 0. The highest BCUT2D eigenvalue weighted by Crippen LogP contribution is 2.43. The zero-order valence-corrected chi connectivity index (χ0v) is 27.0. The maximum absolute atomic E-state index is 12.9. The van der Waals surface area contributed by atoms with Crippen molar-refractivity contribution in [3.8, 4) is 0 Å². The quantitative estimate of drug-likeness (QED) is 0.185. The van der Waals surface area contributed by atoms with Gasteiger partial charge in [-0.15, -0.1) is 0 Å². The van der Waals surface area contributed by atoms with E-state index in [9.17, 15) is 19.2 Å². The summed E-state index contributed by atoms with van der Waals surface area (Å²) in [5.41, 5.74) is 1.40. The molecule has 2 heterocycles. The van der Waals surface area contributed by atoms with Crippen LogP contribution in [0.25, 0.3) is 10.9 Å². The molecule has 0 bridgehead atoms. The number of aromatic amines is 1. The van der Waals surface area contributed by atoms with Crippen molar-refractivity contribution in [2.24, 2.45) is 5.92 Å². The number of para-hydroxylation sites is 1. The standard InChI is InChI=1S/C29H38N4O.C6H8O7/c1-32(2)29(24-8-4-3-5-9-24)16-12-22(13-17-29)20-31-28(34)33-18-14-23(15-19-33)26-21-30-27-11-7-6-10-25(26)27;7-3(8)1-6(13,5(11)12)2-4(9)10/h3-11,21-23,30H,12-20H2,1-2H3,(H,31,34);13H,1-2H2,(H,7,8)(H,9,10)(H,11,12). The number of carboxylic acid groups (broad SMARTS) is 3. The van der Waals surface area contributed by atoms with Gasteiger partial charge in [-0.25, -0.2) is 9.59 Å². The van der Waals surface area contributed by atoms with E-state index >= 15 is 0 Å². The summed E-state index contributed by atoms with van der Waals surface area (Å²) in [7, 11) is 4.41. The number of amides is 2. The van der Waals surface area contributed by atoms with E-state index in [1.165, 1.54) is 22.0 Å². The van der Waals surface area contributed by atoms with Crippen LogP contribution in [0.15, 0.2) is 60.8 Å². The lowest BCUT2D eigenvalue weighted by Gasteiger charge is -2.45. The molecule has 12 heteroatoms. The van der Waals surface area contributed by atoms with Crippen molar-refractivity contribution in [2.75, 3.05) is 33.7 Å². The summed E-state index contributed by atoms with van der Waals surface area (Å²) in [6, 6.07) is 19.6. The molecule has 2 aromatic carbocycles. The summed E-state index contributed by atoms with van der Waals surface area (Å²) in [6.07, 6.45) is 6.51. The molecule has 254 valence electrons. The SMILES string of the molecule is CN(C)C1(c2ccccc2)CCC(CNC(=O)N2CCC(c3c[nH]c4ccccc34)CC2)CC1.O=C(O)CC(O)(CC(=O)O)C(=O)O. The van der Waals surface area contributed by atoms with Crippen LogP contribution in [-0.4, -0.2) is 98.5 Å². The Hall–Kier alpha value is -4.42. The first kappa shape index (κ1) is 35.4. The van der Waals surface area contributed by atoms with Crippen LogP contribution >= 0.6 is 0 Å². The fraction of sp³-hybridized carbons (Fsp3) is 0.486. The highest BCUT2D eigenvalue weighted by molar-refractivity contribution is 5.88. The number of fused-ring (bicyclic) bond motifs is 1. The molecule has 0 spiro atoms. The van der Waals surface area contributed by atoms with Crippen LogP contribution in [0.5, 0.6) is 0 Å². The van der Waals surface area contributed by atoms with Gasteiger partial charge in [0.1, 0.15) is 0 Å². The van der Waals surface area contributed by atoms with Gasteiger partial charge in [-0.05, 0) is 81.6 Å². The summed E-state index contributed by atoms with van der Waals surface area (Å²) in [5, 5.41) is 38.4. The Balaban J connectivity index is 0.000000328. The van der Waals surface area contributed by atoms with Gasteiger partial charge in [-0.2, -0.15) is 0 Å². The predicted molar refractivity (Wildman–Crippen MR) is 176 cm³/mol. The number of hydrogen-bond acceptors (Lipinski definition) is 6. The maximum atomic E-state index is 12.9. The molecule has 1 aliphatic heterocycles. The number of piperidine rings is 1. The lowest BCUT2D eigenvalue weighted by atomic mass is 9.72. The largest absolute Gasteiger partial charge is 0.481 e. The molecule has 6 N–H and O–H groups in total. The second kappa shape index (κ2) is 15.4. The third kappa shape index (κ3) is 8.69. The monoisotopic (exact) mass is 650 g/mol.